The number of hydrazine groups is 1. The van der Waals surface area contributed by atoms with Gasteiger partial charge in [0.2, 0.25) is 5.91 Å². The van der Waals surface area contributed by atoms with E-state index >= 15 is 0 Å². The molecule has 8 heteroatoms. The molecule has 0 aromatic heterocycles. The Kier molecular flexibility index (Phi) is 5.86. The Bertz CT molecular complexity index is 1020. The minimum absolute atomic E-state index is 0.0166. The molecule has 0 radical (unpaired) electrons. The first kappa shape index (κ1) is 21.7. The Morgan fingerprint density at radius 3 is 2.81 bits per heavy atom. The van der Waals surface area contributed by atoms with Crippen molar-refractivity contribution in [2.45, 2.75) is 35.9 Å². The SMILES string of the molecule is CN1C(c2cc(F)ccc2F)SC2(CCOc3ccccc32)N1C(=O)CC1CCNCC1. The molecular weight excluding hydrogens is 432 g/mol. The first-order valence-electron chi connectivity index (χ1n) is 11.1. The van der Waals surface area contributed by atoms with E-state index in [1.54, 1.807) is 17.1 Å². The topological polar surface area (TPSA) is 44.8 Å². The number of benzene rings is 2. The van der Waals surface area contributed by atoms with Gasteiger partial charge in [-0.25, -0.2) is 13.8 Å². The number of rotatable bonds is 3. The maximum Gasteiger partial charge on any atom is 0.238 e. The number of ether oxygens (including phenoxy) is 1. The molecule has 1 N–H and O–H groups in total. The van der Waals surface area contributed by atoms with Gasteiger partial charge in [0.05, 0.1) is 6.61 Å². The smallest absolute Gasteiger partial charge is 0.238 e. The van der Waals surface area contributed by atoms with E-state index in [0.29, 0.717) is 25.4 Å². The summed E-state index contributed by atoms with van der Waals surface area (Å²) in [7, 11) is 1.80. The largest absolute Gasteiger partial charge is 0.493 e. The third-order valence-corrected chi connectivity index (χ3v) is 8.46. The van der Waals surface area contributed by atoms with E-state index in [2.05, 4.69) is 5.32 Å². The quantitative estimate of drug-likeness (QED) is 0.737. The highest BCUT2D eigenvalue weighted by atomic mass is 32.2. The number of carbonyl (C=O) groups excluding carboxylic acids is 1. The second-order valence-electron chi connectivity index (χ2n) is 8.69. The number of thioether (sulfide) groups is 1. The van der Waals surface area contributed by atoms with Crippen LogP contribution in [-0.4, -0.2) is 42.7 Å². The number of fused-ring (bicyclic) bond motifs is 2. The Balaban J connectivity index is 1.57. The number of carbonyl (C=O) groups is 1. The minimum atomic E-state index is -0.725. The minimum Gasteiger partial charge on any atom is -0.493 e. The number of hydrogen-bond acceptors (Lipinski definition) is 5. The van der Waals surface area contributed by atoms with Crippen LogP contribution in [0.1, 0.15) is 42.2 Å². The number of amides is 1. The van der Waals surface area contributed by atoms with Gasteiger partial charge >= 0.3 is 0 Å². The van der Waals surface area contributed by atoms with E-state index in [1.165, 1.54) is 17.8 Å². The molecule has 2 unspecified atom stereocenters. The molecule has 2 atom stereocenters. The molecule has 3 heterocycles. The average Bonchev–Trinajstić information content (AvgIpc) is 3.09. The Morgan fingerprint density at radius 2 is 2.00 bits per heavy atom. The summed E-state index contributed by atoms with van der Waals surface area (Å²) in [4.78, 5) is 13.1. The monoisotopic (exact) mass is 459 g/mol. The van der Waals surface area contributed by atoms with E-state index in [1.807, 2.05) is 24.3 Å². The first-order valence-corrected chi connectivity index (χ1v) is 12.0. The highest BCUT2D eigenvalue weighted by Crippen LogP contribution is 2.61. The molecule has 170 valence electrons. The lowest BCUT2D eigenvalue weighted by Gasteiger charge is -2.43. The summed E-state index contributed by atoms with van der Waals surface area (Å²) in [6.45, 7) is 2.29. The molecular formula is C24H27F2N3O2S. The molecule has 1 spiro atoms. The van der Waals surface area contributed by atoms with Crippen molar-refractivity contribution in [1.29, 1.82) is 0 Å². The van der Waals surface area contributed by atoms with Gasteiger partial charge in [0.25, 0.3) is 0 Å². The first-order chi connectivity index (χ1) is 15.5. The predicted molar refractivity (Wildman–Crippen MR) is 120 cm³/mol. The zero-order chi connectivity index (χ0) is 22.3. The fourth-order valence-corrected chi connectivity index (χ4v) is 6.88. The molecule has 0 saturated carbocycles. The normalized spacial score (nSPS) is 26.2. The van der Waals surface area contributed by atoms with Crippen LogP contribution in [0.15, 0.2) is 42.5 Å². The Hall–Kier alpha value is -2.16. The van der Waals surface area contributed by atoms with Gasteiger partial charge in [-0.3, -0.25) is 9.80 Å². The van der Waals surface area contributed by atoms with Crippen molar-refractivity contribution in [1.82, 2.24) is 15.3 Å². The summed E-state index contributed by atoms with van der Waals surface area (Å²) in [6, 6.07) is 11.2. The Labute approximate surface area is 191 Å². The lowest BCUT2D eigenvalue weighted by atomic mass is 9.93. The molecule has 3 aliphatic heterocycles. The molecule has 2 aromatic carbocycles. The zero-order valence-electron chi connectivity index (χ0n) is 18.0. The highest BCUT2D eigenvalue weighted by Gasteiger charge is 2.56. The third kappa shape index (κ3) is 3.68. The molecule has 3 aliphatic rings. The van der Waals surface area contributed by atoms with Crippen LogP contribution >= 0.6 is 11.8 Å². The van der Waals surface area contributed by atoms with Crippen molar-refractivity contribution in [2.24, 2.45) is 5.92 Å². The van der Waals surface area contributed by atoms with Crippen molar-refractivity contribution in [3.8, 4) is 5.75 Å². The third-order valence-electron chi connectivity index (χ3n) is 6.69. The van der Waals surface area contributed by atoms with Gasteiger partial charge in [-0.05, 0) is 56.1 Å². The molecule has 2 aromatic rings. The Morgan fingerprint density at radius 1 is 1.22 bits per heavy atom. The van der Waals surface area contributed by atoms with Crippen LogP contribution in [-0.2, 0) is 9.67 Å². The second kappa shape index (κ2) is 8.65. The number of piperidine rings is 1. The second-order valence-corrected chi connectivity index (χ2v) is 10.0. The van der Waals surface area contributed by atoms with Crippen molar-refractivity contribution >= 4 is 17.7 Å². The predicted octanol–water partition coefficient (Wildman–Crippen LogP) is 4.41. The fourth-order valence-electron chi connectivity index (χ4n) is 5.13. The zero-order valence-corrected chi connectivity index (χ0v) is 18.8. The number of hydrogen-bond donors (Lipinski definition) is 1. The van der Waals surface area contributed by atoms with E-state index in [-0.39, 0.29) is 11.5 Å². The van der Waals surface area contributed by atoms with Gasteiger partial charge in [-0.1, -0.05) is 18.2 Å². The lowest BCUT2D eigenvalue weighted by Crippen LogP contribution is -2.52. The van der Waals surface area contributed by atoms with Gasteiger partial charge in [0.15, 0.2) is 0 Å². The summed E-state index contributed by atoms with van der Waals surface area (Å²) in [5.74, 6) is 0.108. The van der Waals surface area contributed by atoms with Crippen molar-refractivity contribution in [3.05, 3.63) is 65.2 Å². The summed E-state index contributed by atoms with van der Waals surface area (Å²) < 4.78 is 34.8. The summed E-state index contributed by atoms with van der Waals surface area (Å²) in [6.07, 6.45) is 2.94. The van der Waals surface area contributed by atoms with Crippen LogP contribution in [0.5, 0.6) is 5.75 Å². The van der Waals surface area contributed by atoms with Crippen LogP contribution in [0.2, 0.25) is 0 Å². The van der Waals surface area contributed by atoms with Crippen molar-refractivity contribution in [2.75, 3.05) is 26.7 Å². The lowest BCUT2D eigenvalue weighted by molar-refractivity contribution is -0.157. The number of halogens is 2. The van der Waals surface area contributed by atoms with Crippen LogP contribution < -0.4 is 10.1 Å². The van der Waals surface area contributed by atoms with Gasteiger partial charge in [0, 0.05) is 31.0 Å². The summed E-state index contributed by atoms with van der Waals surface area (Å²) >= 11 is 1.49. The summed E-state index contributed by atoms with van der Waals surface area (Å²) in [5, 5.41) is 6.41. The van der Waals surface area contributed by atoms with Gasteiger partial charge in [0.1, 0.15) is 27.6 Å². The van der Waals surface area contributed by atoms with Gasteiger partial charge in [-0.15, -0.1) is 11.8 Å². The van der Waals surface area contributed by atoms with Crippen molar-refractivity contribution in [3.63, 3.8) is 0 Å². The molecule has 5 rings (SSSR count). The molecule has 2 fully saturated rings. The molecule has 32 heavy (non-hydrogen) atoms. The van der Waals surface area contributed by atoms with Crippen molar-refractivity contribution < 1.29 is 18.3 Å². The average molecular weight is 460 g/mol. The summed E-state index contributed by atoms with van der Waals surface area (Å²) in [5.41, 5.74) is 1.15. The molecule has 2 saturated heterocycles. The molecule has 1 amide bonds. The number of nitrogens with one attached hydrogen (secondary N) is 1. The van der Waals surface area contributed by atoms with Gasteiger partial charge < -0.3 is 10.1 Å². The van der Waals surface area contributed by atoms with E-state index in [0.717, 1.165) is 49.4 Å². The van der Waals surface area contributed by atoms with E-state index in [4.69, 9.17) is 4.74 Å². The number of para-hydroxylation sites is 1. The van der Waals surface area contributed by atoms with Crippen LogP contribution in [0.4, 0.5) is 8.78 Å². The van der Waals surface area contributed by atoms with E-state index < -0.39 is 21.9 Å². The molecule has 5 nitrogen and oxygen atoms in total. The molecule has 0 bridgehead atoms. The molecule has 0 aliphatic carbocycles. The van der Waals surface area contributed by atoms with Crippen LogP contribution in [0.25, 0.3) is 0 Å². The standard InChI is InChI=1S/C24H27F2N3O2S/c1-28-23(18-15-17(25)6-7-20(18)26)32-24(10-13-31-21-5-3-2-4-19(21)24)29(28)22(30)14-16-8-11-27-12-9-16/h2-7,15-16,23,27H,8-14H2,1H3. The van der Waals surface area contributed by atoms with E-state index in [9.17, 15) is 13.6 Å². The van der Waals surface area contributed by atoms with Crippen LogP contribution in [0.3, 0.4) is 0 Å². The maximum absolute atomic E-state index is 14.8. The fraction of sp³-hybridized carbons (Fsp3) is 0.458. The maximum atomic E-state index is 14.8. The number of nitrogens with zero attached hydrogens (tertiary/aromatic N) is 2. The van der Waals surface area contributed by atoms with Crippen LogP contribution in [0, 0.1) is 17.6 Å². The van der Waals surface area contributed by atoms with Gasteiger partial charge in [-0.2, -0.15) is 0 Å². The highest BCUT2D eigenvalue weighted by molar-refractivity contribution is 8.00.